The largest absolute Gasteiger partial charge is 0.465 e. The third-order valence-electron chi connectivity index (χ3n) is 3.62. The summed E-state index contributed by atoms with van der Waals surface area (Å²) >= 11 is 3.40. The second kappa shape index (κ2) is 4.93. The zero-order chi connectivity index (χ0) is 14.3. The maximum Gasteiger partial charge on any atom is 0.407 e. The van der Waals surface area contributed by atoms with E-state index in [1.165, 1.54) is 4.90 Å². The van der Waals surface area contributed by atoms with E-state index in [4.69, 9.17) is 10.8 Å². The Morgan fingerprint density at radius 2 is 2.35 bits per heavy atom. The topological polar surface area (TPSA) is 96.8 Å². The molecule has 3 heterocycles. The Hall–Kier alpha value is -1.83. The predicted molar refractivity (Wildman–Crippen MR) is 76.7 cm³/mol. The van der Waals surface area contributed by atoms with Crippen LogP contribution < -0.4 is 5.73 Å². The highest BCUT2D eigenvalue weighted by Gasteiger charge is 2.28. The van der Waals surface area contributed by atoms with Crippen molar-refractivity contribution >= 4 is 33.4 Å². The molecule has 0 spiro atoms. The van der Waals surface area contributed by atoms with Crippen molar-refractivity contribution in [2.75, 3.05) is 18.8 Å². The molecular formula is C12H14BrN5O2. The average molecular weight is 340 g/mol. The summed E-state index contributed by atoms with van der Waals surface area (Å²) in [4.78, 5) is 21.1. The zero-order valence-corrected chi connectivity index (χ0v) is 12.2. The minimum Gasteiger partial charge on any atom is -0.465 e. The van der Waals surface area contributed by atoms with Crippen molar-refractivity contribution < 1.29 is 9.90 Å². The van der Waals surface area contributed by atoms with Gasteiger partial charge in [0.25, 0.3) is 0 Å². The summed E-state index contributed by atoms with van der Waals surface area (Å²) in [5.74, 6) is 1.30. The van der Waals surface area contributed by atoms with Gasteiger partial charge in [0.2, 0.25) is 0 Å². The van der Waals surface area contributed by atoms with Crippen LogP contribution in [0, 0.1) is 0 Å². The molecule has 1 fully saturated rings. The fraction of sp³-hybridized carbons (Fsp3) is 0.417. The van der Waals surface area contributed by atoms with Crippen molar-refractivity contribution in [1.82, 2.24) is 19.3 Å². The number of carboxylic acid groups (broad SMARTS) is 1. The smallest absolute Gasteiger partial charge is 0.407 e. The van der Waals surface area contributed by atoms with Gasteiger partial charge in [-0.3, -0.25) is 4.40 Å². The summed E-state index contributed by atoms with van der Waals surface area (Å²) in [7, 11) is 0. The van der Waals surface area contributed by atoms with Crippen LogP contribution in [0.4, 0.5) is 10.6 Å². The van der Waals surface area contributed by atoms with Gasteiger partial charge in [0.1, 0.15) is 15.9 Å². The van der Waals surface area contributed by atoms with Crippen LogP contribution in [0.15, 0.2) is 17.0 Å². The molecule has 0 aliphatic carbocycles. The first-order valence-electron chi connectivity index (χ1n) is 6.33. The van der Waals surface area contributed by atoms with Gasteiger partial charge in [-0.15, -0.1) is 0 Å². The molecule has 20 heavy (non-hydrogen) atoms. The van der Waals surface area contributed by atoms with Crippen LogP contribution in [0.1, 0.15) is 24.6 Å². The number of hydrogen-bond donors (Lipinski definition) is 2. The summed E-state index contributed by atoms with van der Waals surface area (Å²) in [6.07, 6.45) is 4.30. The third-order valence-corrected chi connectivity index (χ3v) is 4.18. The number of nitrogens with two attached hydrogens (primary N) is 1. The number of hydrogen-bond acceptors (Lipinski definition) is 4. The summed E-state index contributed by atoms with van der Waals surface area (Å²) < 4.78 is 2.54. The Balaban J connectivity index is 2.02. The first-order valence-corrected chi connectivity index (χ1v) is 7.13. The van der Waals surface area contributed by atoms with E-state index in [-0.39, 0.29) is 5.92 Å². The lowest BCUT2D eigenvalue weighted by molar-refractivity contribution is 0.129. The lowest BCUT2D eigenvalue weighted by atomic mass is 9.97. The third kappa shape index (κ3) is 2.09. The van der Waals surface area contributed by atoms with Gasteiger partial charge in [-0.05, 0) is 28.8 Å². The minimum atomic E-state index is -0.879. The molecule has 1 atom stereocenters. The molecule has 7 nitrogen and oxygen atoms in total. The molecule has 1 saturated heterocycles. The first kappa shape index (κ1) is 13.2. The number of rotatable bonds is 1. The summed E-state index contributed by atoms with van der Waals surface area (Å²) in [6.45, 7) is 1.04. The summed E-state index contributed by atoms with van der Waals surface area (Å²) in [5.41, 5.74) is 6.60. The molecule has 2 aromatic rings. The number of amides is 1. The standard InChI is InChI=1S/C12H14BrN5O2/c13-9-8-10(14)15-3-5-18(8)11(16-9)7-2-1-4-17(6-7)12(19)20/h3,5,7H,1-2,4,6H2,(H2,14,15)(H,19,20). The highest BCUT2D eigenvalue weighted by molar-refractivity contribution is 9.10. The first-order chi connectivity index (χ1) is 9.58. The summed E-state index contributed by atoms with van der Waals surface area (Å²) in [6, 6.07) is 0. The molecule has 0 radical (unpaired) electrons. The Morgan fingerprint density at radius 1 is 1.55 bits per heavy atom. The fourth-order valence-electron chi connectivity index (χ4n) is 2.69. The molecule has 1 unspecified atom stereocenters. The van der Waals surface area contributed by atoms with Crippen LogP contribution in [0.25, 0.3) is 5.52 Å². The number of nitrogen functional groups attached to an aromatic ring is 1. The Labute approximate surface area is 123 Å². The molecule has 0 aromatic carbocycles. The van der Waals surface area contributed by atoms with E-state index in [0.717, 1.165) is 24.2 Å². The predicted octanol–water partition coefficient (Wildman–Crippen LogP) is 1.93. The molecular weight excluding hydrogens is 326 g/mol. The average Bonchev–Trinajstić information content (AvgIpc) is 2.78. The van der Waals surface area contributed by atoms with Crippen LogP contribution in [0.3, 0.4) is 0 Å². The Kier molecular flexibility index (Phi) is 3.25. The van der Waals surface area contributed by atoms with Crippen molar-refractivity contribution in [2.24, 2.45) is 0 Å². The minimum absolute atomic E-state index is 0.0699. The number of anilines is 1. The molecule has 3 N–H and O–H groups in total. The van der Waals surface area contributed by atoms with Crippen LogP contribution in [0.5, 0.6) is 0 Å². The van der Waals surface area contributed by atoms with E-state index in [9.17, 15) is 4.79 Å². The molecule has 3 rings (SSSR count). The van der Waals surface area contributed by atoms with Gasteiger partial charge in [-0.2, -0.15) is 0 Å². The normalized spacial score (nSPS) is 19.4. The van der Waals surface area contributed by atoms with Gasteiger partial charge in [0.05, 0.1) is 0 Å². The van der Waals surface area contributed by atoms with Gasteiger partial charge in [-0.1, -0.05) is 0 Å². The maximum atomic E-state index is 11.1. The SMILES string of the molecule is Nc1nccn2c(C3CCCN(C(=O)O)C3)nc(Br)c12. The zero-order valence-electron chi connectivity index (χ0n) is 10.7. The highest BCUT2D eigenvalue weighted by Crippen LogP contribution is 2.31. The number of imidazole rings is 1. The molecule has 0 saturated carbocycles. The molecule has 8 heteroatoms. The lowest BCUT2D eigenvalue weighted by Crippen LogP contribution is -2.38. The van der Waals surface area contributed by atoms with E-state index in [1.807, 2.05) is 4.40 Å². The summed E-state index contributed by atoms with van der Waals surface area (Å²) in [5, 5.41) is 9.12. The quantitative estimate of drug-likeness (QED) is 0.827. The number of aromatic nitrogens is 3. The number of nitrogens with zero attached hydrogens (tertiary/aromatic N) is 4. The molecule has 2 aromatic heterocycles. The van der Waals surface area contributed by atoms with Gasteiger partial charge in [0, 0.05) is 31.4 Å². The van der Waals surface area contributed by atoms with E-state index in [0.29, 0.717) is 23.5 Å². The molecule has 1 aliphatic heterocycles. The lowest BCUT2D eigenvalue weighted by Gasteiger charge is -2.29. The maximum absolute atomic E-state index is 11.1. The molecule has 106 valence electrons. The van der Waals surface area contributed by atoms with Gasteiger partial charge in [0.15, 0.2) is 5.82 Å². The van der Waals surface area contributed by atoms with E-state index in [1.54, 1.807) is 12.4 Å². The number of piperidine rings is 1. The van der Waals surface area contributed by atoms with Crippen molar-refractivity contribution in [2.45, 2.75) is 18.8 Å². The number of likely N-dealkylation sites (tertiary alicyclic amines) is 1. The van der Waals surface area contributed by atoms with Gasteiger partial charge in [-0.25, -0.2) is 14.8 Å². The van der Waals surface area contributed by atoms with E-state index < -0.39 is 6.09 Å². The Bertz CT molecular complexity index is 671. The van der Waals surface area contributed by atoms with Gasteiger partial charge < -0.3 is 15.7 Å². The van der Waals surface area contributed by atoms with Crippen LogP contribution in [0.2, 0.25) is 0 Å². The number of halogens is 1. The number of fused-ring (bicyclic) bond motifs is 1. The fourth-order valence-corrected chi connectivity index (χ4v) is 3.27. The molecule has 1 aliphatic rings. The molecule has 0 bridgehead atoms. The second-order valence-electron chi connectivity index (χ2n) is 4.86. The van der Waals surface area contributed by atoms with Crippen LogP contribution in [-0.2, 0) is 0 Å². The monoisotopic (exact) mass is 339 g/mol. The van der Waals surface area contributed by atoms with Crippen LogP contribution >= 0.6 is 15.9 Å². The molecule has 1 amide bonds. The van der Waals surface area contributed by atoms with Crippen molar-refractivity contribution in [3.05, 3.63) is 22.8 Å². The number of carbonyl (C=O) groups is 1. The Morgan fingerprint density at radius 3 is 3.10 bits per heavy atom. The van der Waals surface area contributed by atoms with Crippen molar-refractivity contribution in [3.63, 3.8) is 0 Å². The van der Waals surface area contributed by atoms with E-state index >= 15 is 0 Å². The van der Waals surface area contributed by atoms with E-state index in [2.05, 4.69) is 25.9 Å². The highest BCUT2D eigenvalue weighted by atomic mass is 79.9. The van der Waals surface area contributed by atoms with Crippen LogP contribution in [-0.4, -0.2) is 43.6 Å². The van der Waals surface area contributed by atoms with Gasteiger partial charge >= 0.3 is 6.09 Å². The second-order valence-corrected chi connectivity index (χ2v) is 5.61. The van der Waals surface area contributed by atoms with Crippen molar-refractivity contribution in [3.8, 4) is 0 Å². The van der Waals surface area contributed by atoms with Crippen molar-refractivity contribution in [1.29, 1.82) is 0 Å².